The topological polar surface area (TPSA) is 108 Å². The summed E-state index contributed by atoms with van der Waals surface area (Å²) in [5.74, 6) is -2.05. The van der Waals surface area contributed by atoms with Crippen molar-refractivity contribution in [2.75, 3.05) is 6.61 Å². The maximum Gasteiger partial charge on any atom is 0.338 e. The number of carbonyl (C=O) groups excluding carboxylic acids is 3. The van der Waals surface area contributed by atoms with E-state index >= 15 is 0 Å². The van der Waals surface area contributed by atoms with Crippen molar-refractivity contribution in [3.63, 3.8) is 0 Å². The minimum atomic E-state index is -1.60. The fraction of sp³-hybridized carbons (Fsp3) is 0.192. The monoisotopic (exact) mass is 462 g/mol. The van der Waals surface area contributed by atoms with Crippen molar-refractivity contribution in [1.29, 1.82) is 0 Å². The minimum Gasteiger partial charge on any atom is -0.459 e. The predicted octanol–water partition coefficient (Wildman–Crippen LogP) is 3.01. The summed E-state index contributed by atoms with van der Waals surface area (Å²) < 4.78 is 21.8. The zero-order chi connectivity index (χ0) is 23.9. The van der Waals surface area contributed by atoms with Crippen LogP contribution in [0.25, 0.3) is 0 Å². The van der Waals surface area contributed by atoms with Crippen molar-refractivity contribution in [1.82, 2.24) is 0 Å². The number of hydrogen-bond acceptors (Lipinski definition) is 8. The van der Waals surface area contributed by atoms with Crippen LogP contribution in [0.15, 0.2) is 91.0 Å². The average molecular weight is 462 g/mol. The second-order valence-electron chi connectivity index (χ2n) is 7.50. The van der Waals surface area contributed by atoms with Crippen LogP contribution in [0.5, 0.6) is 0 Å². The molecule has 8 nitrogen and oxygen atoms in total. The molecule has 0 amide bonds. The van der Waals surface area contributed by atoms with Gasteiger partial charge < -0.3 is 24.1 Å². The first-order valence-electron chi connectivity index (χ1n) is 10.6. The van der Waals surface area contributed by atoms with E-state index in [1.165, 1.54) is 0 Å². The number of carbonyl (C=O) groups is 3. The van der Waals surface area contributed by atoms with Gasteiger partial charge in [-0.15, -0.1) is 0 Å². The van der Waals surface area contributed by atoms with Gasteiger partial charge in [-0.2, -0.15) is 0 Å². The molecular formula is C26H22O8. The van der Waals surface area contributed by atoms with Gasteiger partial charge in [0.05, 0.1) is 16.7 Å². The van der Waals surface area contributed by atoms with Gasteiger partial charge in [-0.1, -0.05) is 54.6 Å². The average Bonchev–Trinajstić information content (AvgIpc) is 3.17. The first-order valence-corrected chi connectivity index (χ1v) is 10.6. The molecule has 0 radical (unpaired) electrons. The van der Waals surface area contributed by atoms with Crippen molar-refractivity contribution in [3.05, 3.63) is 108 Å². The summed E-state index contributed by atoms with van der Waals surface area (Å²) in [6.45, 7) is -0.336. The minimum absolute atomic E-state index is 0.252. The molecule has 1 fully saturated rings. The highest BCUT2D eigenvalue weighted by Gasteiger charge is 2.50. The number of ether oxygens (including phenoxy) is 4. The lowest BCUT2D eigenvalue weighted by molar-refractivity contribution is -0.135. The lowest BCUT2D eigenvalue weighted by Gasteiger charge is -2.23. The van der Waals surface area contributed by atoms with E-state index in [1.807, 2.05) is 0 Å². The highest BCUT2D eigenvalue weighted by molar-refractivity contribution is 5.90. The molecular weight excluding hydrogens is 440 g/mol. The summed E-state index contributed by atoms with van der Waals surface area (Å²) in [6, 6.07) is 24.7. The third-order valence-electron chi connectivity index (χ3n) is 5.18. The molecule has 1 aliphatic rings. The molecule has 3 aromatic rings. The first kappa shape index (κ1) is 23.2. The van der Waals surface area contributed by atoms with Crippen LogP contribution in [-0.2, 0) is 18.9 Å². The summed E-state index contributed by atoms with van der Waals surface area (Å²) in [5.41, 5.74) is 0.838. The van der Waals surface area contributed by atoms with Crippen molar-refractivity contribution in [2.45, 2.75) is 24.6 Å². The van der Waals surface area contributed by atoms with Gasteiger partial charge in [0, 0.05) is 0 Å². The van der Waals surface area contributed by atoms with Gasteiger partial charge in [0.15, 0.2) is 18.5 Å². The summed E-state index contributed by atoms with van der Waals surface area (Å²) in [4.78, 5) is 37.6. The van der Waals surface area contributed by atoms with Crippen molar-refractivity contribution in [3.8, 4) is 0 Å². The Morgan fingerprint density at radius 3 is 1.53 bits per heavy atom. The van der Waals surface area contributed by atoms with E-state index in [-0.39, 0.29) is 17.7 Å². The van der Waals surface area contributed by atoms with Crippen molar-refractivity contribution in [2.24, 2.45) is 0 Å². The van der Waals surface area contributed by atoms with E-state index in [1.54, 1.807) is 91.0 Å². The largest absolute Gasteiger partial charge is 0.459 e. The lowest BCUT2D eigenvalue weighted by Crippen LogP contribution is -2.42. The standard InChI is InChI=1S/C26H22O8/c27-23(17-10-4-1-5-11-17)31-16-20-21(33-24(28)18-12-6-2-7-13-18)22(26(30)32-20)34-25(29)19-14-8-3-9-15-19/h1-15,20-22,26,30H,16H2/t20-,21-,22-,26-/m1/s1. The second kappa shape index (κ2) is 10.7. The molecule has 4 atom stereocenters. The third kappa shape index (κ3) is 5.48. The Hall–Kier alpha value is -4.01. The molecule has 0 unspecified atom stereocenters. The number of rotatable bonds is 7. The highest BCUT2D eigenvalue weighted by Crippen LogP contribution is 2.28. The third-order valence-corrected chi connectivity index (χ3v) is 5.18. The molecule has 4 rings (SSSR count). The number of aliphatic hydroxyl groups excluding tert-OH is 1. The van der Waals surface area contributed by atoms with E-state index in [0.29, 0.717) is 5.56 Å². The molecule has 1 heterocycles. The van der Waals surface area contributed by atoms with Gasteiger partial charge in [-0.3, -0.25) is 0 Å². The van der Waals surface area contributed by atoms with E-state index in [2.05, 4.69) is 0 Å². The molecule has 8 heteroatoms. The van der Waals surface area contributed by atoms with E-state index in [4.69, 9.17) is 18.9 Å². The van der Waals surface area contributed by atoms with Crippen LogP contribution in [0.3, 0.4) is 0 Å². The Kier molecular flexibility index (Phi) is 7.31. The molecule has 1 saturated heterocycles. The van der Waals surface area contributed by atoms with Crippen LogP contribution in [0, 0.1) is 0 Å². The molecule has 0 aromatic heterocycles. The summed E-state index contributed by atoms with van der Waals surface area (Å²) in [6.07, 6.45) is -5.22. The fourth-order valence-corrected chi connectivity index (χ4v) is 3.46. The Labute approximate surface area is 195 Å². The maximum atomic E-state index is 12.7. The van der Waals surface area contributed by atoms with Gasteiger partial charge in [-0.25, -0.2) is 14.4 Å². The van der Waals surface area contributed by atoms with Gasteiger partial charge in [0.2, 0.25) is 0 Å². The fourth-order valence-electron chi connectivity index (χ4n) is 3.46. The van der Waals surface area contributed by atoms with Crippen LogP contribution in [-0.4, -0.2) is 54.2 Å². The molecule has 34 heavy (non-hydrogen) atoms. The van der Waals surface area contributed by atoms with Crippen LogP contribution < -0.4 is 0 Å². The summed E-state index contributed by atoms with van der Waals surface area (Å²) >= 11 is 0. The summed E-state index contributed by atoms with van der Waals surface area (Å²) in [5, 5.41) is 10.5. The smallest absolute Gasteiger partial charge is 0.338 e. The van der Waals surface area contributed by atoms with Crippen molar-refractivity contribution < 1.29 is 38.4 Å². The first-order chi connectivity index (χ1) is 16.5. The van der Waals surface area contributed by atoms with Gasteiger partial charge in [-0.05, 0) is 36.4 Å². The molecule has 0 bridgehead atoms. The van der Waals surface area contributed by atoms with Crippen molar-refractivity contribution >= 4 is 17.9 Å². The Balaban J connectivity index is 1.51. The maximum absolute atomic E-state index is 12.7. The number of aliphatic hydroxyl groups is 1. The quantitative estimate of drug-likeness (QED) is 0.422. The normalized spacial score (nSPS) is 21.4. The van der Waals surface area contributed by atoms with Gasteiger partial charge >= 0.3 is 17.9 Å². The Morgan fingerprint density at radius 2 is 1.06 bits per heavy atom. The Morgan fingerprint density at radius 1 is 0.647 bits per heavy atom. The predicted molar refractivity (Wildman–Crippen MR) is 119 cm³/mol. The summed E-state index contributed by atoms with van der Waals surface area (Å²) in [7, 11) is 0. The SMILES string of the molecule is O=C(OC[C@H]1O[C@@H](O)[C@H](OC(=O)c2ccccc2)[C@@H]1OC(=O)c1ccccc1)c1ccccc1. The second-order valence-corrected chi connectivity index (χ2v) is 7.50. The number of benzene rings is 3. The van der Waals surface area contributed by atoms with Crippen LogP contribution in [0.4, 0.5) is 0 Å². The van der Waals surface area contributed by atoms with Gasteiger partial charge in [0.1, 0.15) is 12.7 Å². The molecule has 3 aromatic carbocycles. The molecule has 0 saturated carbocycles. The molecule has 1 aliphatic heterocycles. The molecule has 0 aliphatic carbocycles. The van der Waals surface area contributed by atoms with Crippen LogP contribution in [0.1, 0.15) is 31.1 Å². The molecule has 1 N–H and O–H groups in total. The van der Waals surface area contributed by atoms with E-state index in [0.717, 1.165) is 0 Å². The van der Waals surface area contributed by atoms with Gasteiger partial charge in [0.25, 0.3) is 0 Å². The van der Waals surface area contributed by atoms with Crippen LogP contribution >= 0.6 is 0 Å². The molecule has 0 spiro atoms. The van der Waals surface area contributed by atoms with E-state index < -0.39 is 42.5 Å². The molecule has 174 valence electrons. The highest BCUT2D eigenvalue weighted by atomic mass is 16.7. The number of hydrogen-bond donors (Lipinski definition) is 1. The van der Waals surface area contributed by atoms with E-state index in [9.17, 15) is 19.5 Å². The zero-order valence-electron chi connectivity index (χ0n) is 18.0. The zero-order valence-corrected chi connectivity index (χ0v) is 18.0. The van der Waals surface area contributed by atoms with Crippen LogP contribution in [0.2, 0.25) is 0 Å². The lowest BCUT2D eigenvalue weighted by atomic mass is 10.1. The number of esters is 3. The Bertz CT molecular complexity index is 1120.